The number of benzene rings is 1. The van der Waals surface area contributed by atoms with Gasteiger partial charge in [0.15, 0.2) is 0 Å². The van der Waals surface area contributed by atoms with Gasteiger partial charge in [0, 0.05) is 7.05 Å². The van der Waals surface area contributed by atoms with Gasteiger partial charge in [0.2, 0.25) is 0 Å². The van der Waals surface area contributed by atoms with Crippen molar-refractivity contribution in [1.29, 1.82) is 0 Å². The fourth-order valence-electron chi connectivity index (χ4n) is 2.18. The summed E-state index contributed by atoms with van der Waals surface area (Å²) in [7, 11) is 1.66. The van der Waals surface area contributed by atoms with E-state index in [9.17, 15) is 9.90 Å². The second-order valence-corrected chi connectivity index (χ2v) is 6.44. The topological polar surface area (TPSA) is 49.8 Å². The second-order valence-electron chi connectivity index (χ2n) is 6.44. The molecule has 0 bridgehead atoms. The van der Waals surface area contributed by atoms with Crippen molar-refractivity contribution >= 4 is 6.09 Å². The summed E-state index contributed by atoms with van der Waals surface area (Å²) < 4.78 is 5.40. The molecule has 2 atom stereocenters. The van der Waals surface area contributed by atoms with Crippen LogP contribution in [-0.4, -0.2) is 40.9 Å². The largest absolute Gasteiger partial charge is 0.444 e. The maximum Gasteiger partial charge on any atom is 0.410 e. The number of carbonyl (C=O) groups excluding carboxylic acids is 1. The van der Waals surface area contributed by atoms with Crippen molar-refractivity contribution in [3.8, 4) is 0 Å². The summed E-state index contributed by atoms with van der Waals surface area (Å²) in [6.07, 6.45) is 1.52. The average Bonchev–Trinajstić information content (AvgIpc) is 2.43. The smallest absolute Gasteiger partial charge is 0.410 e. The van der Waals surface area contributed by atoms with Crippen LogP contribution in [-0.2, 0) is 11.2 Å². The maximum absolute atomic E-state index is 12.3. The summed E-state index contributed by atoms with van der Waals surface area (Å²) in [6, 6.07) is 9.43. The minimum Gasteiger partial charge on any atom is -0.444 e. The molecule has 22 heavy (non-hydrogen) atoms. The van der Waals surface area contributed by atoms with E-state index in [1.54, 1.807) is 13.1 Å². The van der Waals surface area contributed by atoms with Gasteiger partial charge in [-0.1, -0.05) is 36.4 Å². The molecule has 0 heterocycles. The summed E-state index contributed by atoms with van der Waals surface area (Å²) in [5.41, 5.74) is 0.498. The van der Waals surface area contributed by atoms with Gasteiger partial charge in [0.05, 0.1) is 12.1 Å². The zero-order valence-corrected chi connectivity index (χ0v) is 14.0. The third-order valence-corrected chi connectivity index (χ3v) is 3.32. The van der Waals surface area contributed by atoms with Crippen molar-refractivity contribution in [2.75, 3.05) is 7.05 Å². The molecule has 122 valence electrons. The fourth-order valence-corrected chi connectivity index (χ4v) is 2.18. The minimum absolute atomic E-state index is 0.366. The number of amides is 1. The molecule has 0 radical (unpaired) electrons. The van der Waals surface area contributed by atoms with Crippen molar-refractivity contribution in [3.05, 3.63) is 48.6 Å². The SMILES string of the molecule is C=CCC(O)[C@@H](Cc1ccccc1)N(C)C(=O)OC(C)(C)C. The van der Waals surface area contributed by atoms with Crippen molar-refractivity contribution in [2.45, 2.75) is 51.4 Å². The van der Waals surface area contributed by atoms with Gasteiger partial charge >= 0.3 is 6.09 Å². The van der Waals surface area contributed by atoms with Crippen LogP contribution < -0.4 is 0 Å². The van der Waals surface area contributed by atoms with Crippen LogP contribution in [0.25, 0.3) is 0 Å². The van der Waals surface area contributed by atoms with Crippen LogP contribution in [0.4, 0.5) is 4.79 Å². The number of nitrogens with zero attached hydrogens (tertiary/aromatic N) is 1. The van der Waals surface area contributed by atoms with E-state index in [0.717, 1.165) is 5.56 Å². The zero-order chi connectivity index (χ0) is 16.8. The first-order chi connectivity index (χ1) is 10.2. The Hall–Kier alpha value is -1.81. The molecule has 1 rings (SSSR count). The normalized spacial score (nSPS) is 14.0. The molecule has 1 N–H and O–H groups in total. The van der Waals surface area contributed by atoms with Crippen LogP contribution in [0.1, 0.15) is 32.8 Å². The third-order valence-electron chi connectivity index (χ3n) is 3.32. The Balaban J connectivity index is 2.89. The van der Waals surface area contributed by atoms with E-state index in [1.165, 1.54) is 4.90 Å². The molecular weight excluding hydrogens is 278 g/mol. The zero-order valence-electron chi connectivity index (χ0n) is 14.0. The summed E-state index contributed by atoms with van der Waals surface area (Å²) in [6.45, 7) is 9.13. The molecule has 4 heteroatoms. The highest BCUT2D eigenvalue weighted by molar-refractivity contribution is 5.68. The maximum atomic E-state index is 12.3. The Morgan fingerprint density at radius 2 is 1.95 bits per heavy atom. The van der Waals surface area contributed by atoms with E-state index in [1.807, 2.05) is 51.1 Å². The fraction of sp³-hybridized carbons (Fsp3) is 0.500. The van der Waals surface area contributed by atoms with Crippen molar-refractivity contribution in [2.24, 2.45) is 0 Å². The van der Waals surface area contributed by atoms with Crippen LogP contribution in [0.2, 0.25) is 0 Å². The van der Waals surface area contributed by atoms with Gasteiger partial charge in [-0.15, -0.1) is 6.58 Å². The van der Waals surface area contributed by atoms with Gasteiger partial charge in [-0.05, 0) is 39.2 Å². The molecule has 1 aromatic rings. The van der Waals surface area contributed by atoms with Gasteiger partial charge in [0.25, 0.3) is 0 Å². The Morgan fingerprint density at radius 1 is 1.36 bits per heavy atom. The summed E-state index contributed by atoms with van der Waals surface area (Å²) in [5, 5.41) is 10.4. The molecule has 0 spiro atoms. The lowest BCUT2D eigenvalue weighted by atomic mass is 9.98. The molecule has 0 aliphatic heterocycles. The van der Waals surface area contributed by atoms with Crippen LogP contribution in [0.15, 0.2) is 43.0 Å². The van der Waals surface area contributed by atoms with Crippen LogP contribution in [0.3, 0.4) is 0 Å². The molecular formula is C18H27NO3. The highest BCUT2D eigenvalue weighted by Gasteiger charge is 2.29. The van der Waals surface area contributed by atoms with E-state index in [0.29, 0.717) is 12.8 Å². The van der Waals surface area contributed by atoms with Gasteiger partial charge in [-0.2, -0.15) is 0 Å². The predicted octanol–water partition coefficient (Wildman–Crippen LogP) is 3.40. The number of rotatable bonds is 6. The lowest BCUT2D eigenvalue weighted by Crippen LogP contribution is -2.47. The van der Waals surface area contributed by atoms with E-state index in [4.69, 9.17) is 4.74 Å². The van der Waals surface area contributed by atoms with E-state index in [-0.39, 0.29) is 6.04 Å². The number of likely N-dealkylation sites (N-methyl/N-ethyl adjacent to an activating group) is 1. The molecule has 0 aliphatic rings. The molecule has 0 aliphatic carbocycles. The third kappa shape index (κ3) is 5.90. The number of hydrogen-bond acceptors (Lipinski definition) is 3. The van der Waals surface area contributed by atoms with Crippen molar-refractivity contribution < 1.29 is 14.6 Å². The first kappa shape index (κ1) is 18.2. The molecule has 4 nitrogen and oxygen atoms in total. The lowest BCUT2D eigenvalue weighted by molar-refractivity contribution is 0.00267. The standard InChI is InChI=1S/C18H27NO3/c1-6-10-16(20)15(13-14-11-8-7-9-12-14)19(5)17(21)22-18(2,3)4/h6-9,11-12,15-16,20H,1,10,13H2,2-5H3/t15-,16?/m1/s1. The molecule has 0 aromatic heterocycles. The van der Waals surface area contributed by atoms with Gasteiger partial charge in [-0.3, -0.25) is 0 Å². The first-order valence-corrected chi connectivity index (χ1v) is 7.53. The van der Waals surface area contributed by atoms with Crippen molar-refractivity contribution in [3.63, 3.8) is 0 Å². The van der Waals surface area contributed by atoms with Crippen LogP contribution >= 0.6 is 0 Å². The van der Waals surface area contributed by atoms with Gasteiger partial charge < -0.3 is 14.7 Å². The van der Waals surface area contributed by atoms with Crippen LogP contribution in [0, 0.1) is 0 Å². The minimum atomic E-state index is -0.685. The summed E-state index contributed by atoms with van der Waals surface area (Å²) in [5.74, 6) is 0. The summed E-state index contributed by atoms with van der Waals surface area (Å²) >= 11 is 0. The average molecular weight is 305 g/mol. The number of aliphatic hydroxyl groups is 1. The summed E-state index contributed by atoms with van der Waals surface area (Å²) in [4.78, 5) is 13.7. The number of ether oxygens (including phenoxy) is 1. The lowest BCUT2D eigenvalue weighted by Gasteiger charge is -2.33. The molecule has 1 aromatic carbocycles. The predicted molar refractivity (Wildman–Crippen MR) is 88.8 cm³/mol. The quantitative estimate of drug-likeness (QED) is 0.820. The van der Waals surface area contributed by atoms with E-state index >= 15 is 0 Å². The van der Waals surface area contributed by atoms with E-state index in [2.05, 4.69) is 6.58 Å². The highest BCUT2D eigenvalue weighted by atomic mass is 16.6. The van der Waals surface area contributed by atoms with Gasteiger partial charge in [-0.25, -0.2) is 4.79 Å². The molecule has 0 saturated heterocycles. The Kier molecular flexibility index (Phi) is 6.62. The number of aliphatic hydroxyl groups excluding tert-OH is 1. The first-order valence-electron chi connectivity index (χ1n) is 7.53. The monoisotopic (exact) mass is 305 g/mol. The van der Waals surface area contributed by atoms with Gasteiger partial charge in [0.1, 0.15) is 5.60 Å². The number of carbonyl (C=O) groups is 1. The Bertz CT molecular complexity index is 479. The Morgan fingerprint density at radius 3 is 2.45 bits per heavy atom. The molecule has 1 unspecified atom stereocenters. The van der Waals surface area contributed by atoms with E-state index < -0.39 is 17.8 Å². The molecule has 1 amide bonds. The Labute approximate surface area is 133 Å². The number of hydrogen-bond donors (Lipinski definition) is 1. The molecule has 0 saturated carbocycles. The second kappa shape index (κ2) is 7.99. The van der Waals surface area contributed by atoms with Crippen LogP contribution in [0.5, 0.6) is 0 Å². The highest BCUT2D eigenvalue weighted by Crippen LogP contribution is 2.17. The molecule has 0 fully saturated rings. The van der Waals surface area contributed by atoms with Crippen molar-refractivity contribution in [1.82, 2.24) is 4.90 Å².